The highest BCUT2D eigenvalue weighted by Crippen LogP contribution is 2.38. The molecule has 0 bridgehead atoms. The Morgan fingerprint density at radius 2 is 0.811 bits per heavy atom. The van der Waals surface area contributed by atoms with Gasteiger partial charge in [0.2, 0.25) is 17.6 Å². The number of nitrogens with zero attached hydrogens (tertiary/aromatic N) is 5. The number of aromatic nitrogens is 5. The van der Waals surface area contributed by atoms with Crippen LogP contribution in [0.5, 0.6) is 46.4 Å². The minimum Gasteiger partial charge on any atom is -0.497 e. The van der Waals surface area contributed by atoms with Crippen molar-refractivity contribution in [3.8, 4) is 46.4 Å². The summed E-state index contributed by atoms with van der Waals surface area (Å²) in [4.78, 5) is 94.8. The number of hydrogen-bond donors (Lipinski definition) is 3. The summed E-state index contributed by atoms with van der Waals surface area (Å²) in [5.74, 6) is -2.75. The van der Waals surface area contributed by atoms with Gasteiger partial charge in [0.1, 0.15) is 51.2 Å². The van der Waals surface area contributed by atoms with Gasteiger partial charge in [0.05, 0.1) is 59.6 Å². The minimum absolute atomic E-state index is 0.0121. The second-order valence-electron chi connectivity index (χ2n) is 20.5. The average Bonchev–Trinajstić information content (AvgIpc) is 0.852. The molecule has 0 aliphatic rings. The molecule has 5 aromatic heterocycles. The monoisotopic (exact) mass is 1300 g/mol. The lowest BCUT2D eigenvalue weighted by Gasteiger charge is -2.14. The van der Waals surface area contributed by atoms with Gasteiger partial charge in [-0.3, -0.25) is 38.7 Å². The van der Waals surface area contributed by atoms with Crippen molar-refractivity contribution in [2.75, 3.05) is 30.2 Å². The Hall–Kier alpha value is -12.4. The van der Waals surface area contributed by atoms with Crippen LogP contribution in [0, 0.1) is 17.5 Å². The molecule has 7 aromatic carbocycles. The molecule has 3 amide bonds. The number of carbonyl (C=O) groups is 6. The number of hydrogen-bond acceptors (Lipinski definition) is 16. The quantitative estimate of drug-likeness (QED) is 0.0717. The number of pyridine rings is 5. The first-order valence-corrected chi connectivity index (χ1v) is 29.0. The second-order valence-corrected chi connectivity index (χ2v) is 21.0. The molecule has 95 heavy (non-hydrogen) atoms. The first-order chi connectivity index (χ1) is 45.8. The molecule has 0 saturated heterocycles. The summed E-state index contributed by atoms with van der Waals surface area (Å²) < 4.78 is 68.7. The first-order valence-electron chi connectivity index (χ1n) is 28.6. The third-order valence-electron chi connectivity index (χ3n) is 13.9. The summed E-state index contributed by atoms with van der Waals surface area (Å²) in [5, 5.41) is 10.5. The van der Waals surface area contributed by atoms with Gasteiger partial charge in [-0.05, 0) is 134 Å². The number of halogens is 4. The maximum atomic E-state index is 14.1. The Labute approximate surface area is 544 Å². The van der Waals surface area contributed by atoms with Crippen LogP contribution in [0.4, 0.5) is 30.2 Å². The minimum atomic E-state index is -0.926. The van der Waals surface area contributed by atoms with Crippen molar-refractivity contribution < 1.29 is 65.6 Å². The molecule has 0 aliphatic heterocycles. The molecule has 19 nitrogen and oxygen atoms in total. The van der Waals surface area contributed by atoms with Gasteiger partial charge in [-0.1, -0.05) is 66.2 Å². The lowest BCUT2D eigenvalue weighted by Crippen LogP contribution is -2.14. The Bertz CT molecular complexity index is 4730. The SMILES string of the molecule is CC(=O)c1ccc(NC(=O)c2cc3ccccc3nc2Oc2ccc(F)cc2Cl)cn1.CC(=O)c1ccc(NC(=O)c2cc3ccccc3nc2Oc2ccc(F)cc2F)cn1.COc1ccc(Oc2nc3ccccc3cc2C(=O)Nc2ccc(C(C)=O)cc2)c(OC)c1. The largest absolute Gasteiger partial charge is 0.497 e. The number of fused-ring (bicyclic) bond motifs is 3. The van der Waals surface area contributed by atoms with E-state index >= 15 is 0 Å². The number of anilines is 3. The van der Waals surface area contributed by atoms with Crippen LogP contribution in [0.1, 0.15) is 83.2 Å². The molecule has 12 rings (SSSR count). The van der Waals surface area contributed by atoms with E-state index in [1.807, 2.05) is 42.5 Å². The number of amides is 3. The number of Topliss-reactive ketones (excluding diaryl/α,β-unsaturated/α-hetero) is 3. The Morgan fingerprint density at radius 3 is 1.22 bits per heavy atom. The molecule has 0 fully saturated rings. The third-order valence-corrected chi connectivity index (χ3v) is 14.2. The van der Waals surface area contributed by atoms with Crippen LogP contribution in [0.25, 0.3) is 32.7 Å². The van der Waals surface area contributed by atoms with Gasteiger partial charge in [-0.15, -0.1) is 0 Å². The predicted molar refractivity (Wildman–Crippen MR) is 352 cm³/mol. The topological polar surface area (TPSA) is 249 Å². The van der Waals surface area contributed by atoms with Crippen LogP contribution in [0.3, 0.4) is 0 Å². The van der Waals surface area contributed by atoms with Crippen molar-refractivity contribution in [3.05, 3.63) is 263 Å². The normalized spacial score (nSPS) is 10.6. The lowest BCUT2D eigenvalue weighted by molar-refractivity contribution is 0.1000. The standard InChI is InChI=1S/C26H22N2O5.C23H15ClFN3O3.C23H15F2N3O3/c1-16(29)17-8-10-19(11-9-17)27-25(30)21-14-18-6-4-5-7-22(18)28-26(21)33-23-13-12-20(31-2)15-24(23)32-3;1-13(29)19-8-7-16(12-26-19)27-22(30)17-10-14-4-2-3-5-20(14)28-23(17)31-21-9-6-15(25)11-18(21)24;1-13(29)19-8-7-16(12-26-19)27-22(30)17-10-14-4-2-3-5-20(14)28-23(17)31-21-9-6-15(24)11-18(21)25/h4-15H,1-3H3,(H,27,30);2*2-12H,1H3,(H,27,30). The van der Waals surface area contributed by atoms with E-state index in [2.05, 4.69) is 40.9 Å². The fourth-order valence-corrected chi connectivity index (χ4v) is 9.25. The highest BCUT2D eigenvalue weighted by Gasteiger charge is 2.23. The first kappa shape index (κ1) is 65.5. The van der Waals surface area contributed by atoms with Crippen LogP contribution in [-0.4, -0.2) is 74.2 Å². The molecule has 474 valence electrons. The summed E-state index contributed by atoms with van der Waals surface area (Å²) in [7, 11) is 3.08. The Morgan fingerprint density at radius 1 is 0.400 bits per heavy atom. The maximum absolute atomic E-state index is 14.1. The van der Waals surface area contributed by atoms with Gasteiger partial charge in [0.15, 0.2) is 40.4 Å². The highest BCUT2D eigenvalue weighted by atomic mass is 35.5. The van der Waals surface area contributed by atoms with E-state index in [-0.39, 0.29) is 73.9 Å². The number of methoxy groups -OCH3 is 2. The van der Waals surface area contributed by atoms with E-state index in [0.29, 0.717) is 73.6 Å². The summed E-state index contributed by atoms with van der Waals surface area (Å²) in [6.45, 7) is 4.29. The molecule has 12 aromatic rings. The number of para-hydroxylation sites is 3. The van der Waals surface area contributed by atoms with Crippen molar-refractivity contribution in [1.29, 1.82) is 0 Å². The van der Waals surface area contributed by atoms with E-state index in [1.54, 1.807) is 104 Å². The molecule has 0 spiro atoms. The Balaban J connectivity index is 0.000000155. The van der Waals surface area contributed by atoms with Crippen LogP contribution in [0.15, 0.2) is 207 Å². The van der Waals surface area contributed by atoms with Crippen LogP contribution >= 0.6 is 11.6 Å². The van der Waals surface area contributed by atoms with Gasteiger partial charge in [-0.2, -0.15) is 0 Å². The highest BCUT2D eigenvalue weighted by molar-refractivity contribution is 6.32. The summed E-state index contributed by atoms with van der Waals surface area (Å²) in [6, 6.07) is 51.1. The third kappa shape index (κ3) is 16.4. The summed E-state index contributed by atoms with van der Waals surface area (Å²) in [6.07, 6.45) is 2.74. The number of ketones is 3. The van der Waals surface area contributed by atoms with Gasteiger partial charge in [0, 0.05) is 53.4 Å². The number of benzene rings is 7. The Kier molecular flexibility index (Phi) is 20.5. The number of rotatable bonds is 17. The van der Waals surface area contributed by atoms with Crippen LogP contribution < -0.4 is 39.6 Å². The van der Waals surface area contributed by atoms with E-state index in [4.69, 9.17) is 35.3 Å². The molecule has 0 radical (unpaired) electrons. The zero-order valence-electron chi connectivity index (χ0n) is 50.9. The van der Waals surface area contributed by atoms with Gasteiger partial charge >= 0.3 is 0 Å². The van der Waals surface area contributed by atoms with Crippen molar-refractivity contribution in [2.45, 2.75) is 20.8 Å². The summed E-state index contributed by atoms with van der Waals surface area (Å²) >= 11 is 6.07. The van der Waals surface area contributed by atoms with Gasteiger partial charge in [0.25, 0.3) is 17.7 Å². The predicted octanol–water partition coefficient (Wildman–Crippen LogP) is 16.3. The molecule has 0 saturated carbocycles. The number of ether oxygens (including phenoxy) is 5. The lowest BCUT2D eigenvalue weighted by atomic mass is 10.1. The van der Waals surface area contributed by atoms with E-state index in [0.717, 1.165) is 29.0 Å². The van der Waals surface area contributed by atoms with Crippen LogP contribution in [-0.2, 0) is 0 Å². The molecule has 0 unspecified atom stereocenters. The van der Waals surface area contributed by atoms with Gasteiger partial charge in [-0.25, -0.2) is 28.1 Å². The number of carbonyl (C=O) groups excluding carboxylic acids is 6. The smallest absolute Gasteiger partial charge is 0.261 e. The van der Waals surface area contributed by atoms with E-state index in [1.165, 1.54) is 70.6 Å². The van der Waals surface area contributed by atoms with Crippen molar-refractivity contribution in [3.63, 3.8) is 0 Å². The molecule has 5 heterocycles. The summed E-state index contributed by atoms with van der Waals surface area (Å²) in [5.41, 5.74) is 4.68. The second kappa shape index (κ2) is 29.7. The molecule has 0 aliphatic carbocycles. The fourth-order valence-electron chi connectivity index (χ4n) is 9.04. The molecule has 3 N–H and O–H groups in total. The zero-order valence-corrected chi connectivity index (χ0v) is 51.6. The number of nitrogens with one attached hydrogen (secondary N) is 3. The molecular weight excluding hydrogens is 1250 g/mol. The van der Waals surface area contributed by atoms with Crippen molar-refractivity contribution >= 4 is 96.4 Å². The maximum Gasteiger partial charge on any atom is 0.261 e. The van der Waals surface area contributed by atoms with E-state index in [9.17, 15) is 41.9 Å². The van der Waals surface area contributed by atoms with E-state index < -0.39 is 35.2 Å². The fraction of sp³-hybridized carbons (Fsp3) is 0.0694. The van der Waals surface area contributed by atoms with Gasteiger partial charge < -0.3 is 39.6 Å². The van der Waals surface area contributed by atoms with Crippen LogP contribution in [0.2, 0.25) is 5.02 Å². The zero-order chi connectivity index (χ0) is 67.3. The van der Waals surface area contributed by atoms with Crippen molar-refractivity contribution in [2.24, 2.45) is 0 Å². The molecule has 23 heteroatoms. The van der Waals surface area contributed by atoms with Crippen molar-refractivity contribution in [1.82, 2.24) is 24.9 Å². The average molecular weight is 1300 g/mol. The molecular formula is C72H52ClF3N8O11. The molecule has 0 atom stereocenters.